The normalized spacial score (nSPS) is 11.7. The zero-order valence-electron chi connectivity index (χ0n) is 11.7. The van der Waals surface area contributed by atoms with Gasteiger partial charge in [-0.25, -0.2) is 18.1 Å². The maximum Gasteiger partial charge on any atom is 0.260 e. The van der Waals surface area contributed by atoms with Crippen LogP contribution in [0.3, 0.4) is 0 Å². The fraction of sp³-hybridized carbons (Fsp3) is 0.455. The third-order valence-corrected chi connectivity index (χ3v) is 4.98. The number of imidazole rings is 1. The number of nitrogens with zero attached hydrogens (tertiary/aromatic N) is 2. The van der Waals surface area contributed by atoms with Crippen molar-refractivity contribution in [3.8, 4) is 0 Å². The van der Waals surface area contributed by atoms with Crippen molar-refractivity contribution in [3.05, 3.63) is 11.6 Å². The Labute approximate surface area is 126 Å². The first-order chi connectivity index (χ1) is 9.99. The fourth-order valence-electron chi connectivity index (χ4n) is 1.80. The van der Waals surface area contributed by atoms with Crippen LogP contribution in [0.2, 0.25) is 0 Å². The van der Waals surface area contributed by atoms with Crippen molar-refractivity contribution in [1.82, 2.24) is 19.4 Å². The van der Waals surface area contributed by atoms with Crippen molar-refractivity contribution < 1.29 is 13.2 Å². The number of hydrogen-bond donors (Lipinski definition) is 3. The molecule has 0 aliphatic rings. The van der Waals surface area contributed by atoms with Crippen LogP contribution in [0.1, 0.15) is 13.3 Å². The van der Waals surface area contributed by atoms with E-state index in [-0.39, 0.29) is 23.9 Å². The van der Waals surface area contributed by atoms with Crippen LogP contribution in [0.4, 0.5) is 5.82 Å². The molecule has 0 fully saturated rings. The number of thiazole rings is 1. The standard InChI is InChI=1S/C11H17N5O3S2/c1-3-13-9-10(16-6-7-20-11(16)15-9)21(18,19)14-5-4-8(17)12-2/h6-7,13-14H,3-5H2,1-2H3,(H,12,17). The molecule has 0 aliphatic heterocycles. The van der Waals surface area contributed by atoms with Gasteiger partial charge >= 0.3 is 0 Å². The third-order valence-electron chi connectivity index (χ3n) is 2.74. The molecule has 2 rings (SSSR count). The molecule has 21 heavy (non-hydrogen) atoms. The molecule has 0 aliphatic carbocycles. The summed E-state index contributed by atoms with van der Waals surface area (Å²) in [4.78, 5) is 16.0. The zero-order chi connectivity index (χ0) is 15.5. The van der Waals surface area contributed by atoms with E-state index in [0.29, 0.717) is 17.3 Å². The predicted octanol–water partition coefficient (Wildman–Crippen LogP) is 0.242. The van der Waals surface area contributed by atoms with Crippen molar-refractivity contribution in [1.29, 1.82) is 0 Å². The lowest BCUT2D eigenvalue weighted by molar-refractivity contribution is -0.120. The molecule has 3 N–H and O–H groups in total. The number of fused-ring (bicyclic) bond motifs is 1. The number of carbonyl (C=O) groups excluding carboxylic acids is 1. The van der Waals surface area contributed by atoms with Crippen LogP contribution in [0.15, 0.2) is 16.6 Å². The molecule has 8 nitrogen and oxygen atoms in total. The molecular formula is C11H17N5O3S2. The number of hydrogen-bond acceptors (Lipinski definition) is 6. The molecule has 0 atom stereocenters. The third kappa shape index (κ3) is 3.34. The summed E-state index contributed by atoms with van der Waals surface area (Å²) < 4.78 is 28.8. The summed E-state index contributed by atoms with van der Waals surface area (Å²) in [6, 6.07) is 0. The van der Waals surface area contributed by atoms with Gasteiger partial charge in [-0.3, -0.25) is 9.20 Å². The Kier molecular flexibility index (Phi) is 4.80. The van der Waals surface area contributed by atoms with Gasteiger partial charge in [-0.2, -0.15) is 0 Å². The molecule has 0 radical (unpaired) electrons. The highest BCUT2D eigenvalue weighted by molar-refractivity contribution is 7.89. The van der Waals surface area contributed by atoms with Gasteiger partial charge in [0.15, 0.2) is 15.8 Å². The maximum absolute atomic E-state index is 12.4. The second kappa shape index (κ2) is 6.41. The Bertz CT molecular complexity index is 734. The molecule has 0 saturated heterocycles. The molecule has 0 bridgehead atoms. The fourth-order valence-corrected chi connectivity index (χ4v) is 3.85. The van der Waals surface area contributed by atoms with Crippen molar-refractivity contribution in [3.63, 3.8) is 0 Å². The van der Waals surface area contributed by atoms with Crippen LogP contribution < -0.4 is 15.4 Å². The Hall–Kier alpha value is -1.65. The van der Waals surface area contributed by atoms with E-state index in [1.807, 2.05) is 6.92 Å². The molecule has 116 valence electrons. The quantitative estimate of drug-likeness (QED) is 0.674. The lowest BCUT2D eigenvalue weighted by Gasteiger charge is -2.08. The van der Waals surface area contributed by atoms with Gasteiger partial charge in [0.05, 0.1) is 0 Å². The maximum atomic E-state index is 12.4. The zero-order valence-corrected chi connectivity index (χ0v) is 13.3. The van der Waals surface area contributed by atoms with Gasteiger partial charge in [0.25, 0.3) is 10.0 Å². The molecule has 0 saturated carbocycles. The van der Waals surface area contributed by atoms with E-state index in [4.69, 9.17) is 0 Å². The Balaban J connectivity index is 2.27. The monoisotopic (exact) mass is 331 g/mol. The van der Waals surface area contributed by atoms with Crippen LogP contribution in [-0.4, -0.2) is 43.8 Å². The van der Waals surface area contributed by atoms with E-state index >= 15 is 0 Å². The summed E-state index contributed by atoms with van der Waals surface area (Å²) in [5.41, 5.74) is 0. The molecule has 10 heteroatoms. The second-order valence-electron chi connectivity index (χ2n) is 4.17. The van der Waals surface area contributed by atoms with Gasteiger partial charge in [0.2, 0.25) is 5.91 Å². The van der Waals surface area contributed by atoms with Crippen molar-refractivity contribution in [2.45, 2.75) is 18.4 Å². The SMILES string of the molecule is CCNc1nc2sccn2c1S(=O)(=O)NCCC(=O)NC. The van der Waals surface area contributed by atoms with Gasteiger partial charge in [-0.15, -0.1) is 11.3 Å². The topological polar surface area (TPSA) is 105 Å². The van der Waals surface area contributed by atoms with E-state index in [1.165, 1.54) is 22.8 Å². The molecule has 0 aromatic carbocycles. The van der Waals surface area contributed by atoms with Gasteiger partial charge in [0.1, 0.15) is 0 Å². The number of rotatable bonds is 7. The largest absolute Gasteiger partial charge is 0.368 e. The molecular weight excluding hydrogens is 314 g/mol. The highest BCUT2D eigenvalue weighted by Crippen LogP contribution is 2.25. The van der Waals surface area contributed by atoms with E-state index in [0.717, 1.165) is 0 Å². The predicted molar refractivity (Wildman–Crippen MR) is 81.1 cm³/mol. The summed E-state index contributed by atoms with van der Waals surface area (Å²) in [7, 11) is -2.25. The van der Waals surface area contributed by atoms with Gasteiger partial charge in [-0.1, -0.05) is 0 Å². The van der Waals surface area contributed by atoms with Crippen molar-refractivity contribution in [2.75, 3.05) is 25.5 Å². The summed E-state index contributed by atoms with van der Waals surface area (Å²) in [6.07, 6.45) is 1.74. The number of nitrogens with one attached hydrogen (secondary N) is 3. The lowest BCUT2D eigenvalue weighted by Crippen LogP contribution is -2.30. The van der Waals surface area contributed by atoms with E-state index in [1.54, 1.807) is 11.6 Å². The average Bonchev–Trinajstić information content (AvgIpc) is 2.98. The first-order valence-electron chi connectivity index (χ1n) is 6.39. The van der Waals surface area contributed by atoms with Crippen LogP contribution in [0, 0.1) is 0 Å². The van der Waals surface area contributed by atoms with Crippen molar-refractivity contribution in [2.24, 2.45) is 0 Å². The minimum Gasteiger partial charge on any atom is -0.368 e. The molecule has 1 amide bonds. The van der Waals surface area contributed by atoms with Crippen LogP contribution in [-0.2, 0) is 14.8 Å². The molecule has 0 unspecified atom stereocenters. The van der Waals surface area contributed by atoms with Gasteiger partial charge < -0.3 is 10.6 Å². The average molecular weight is 331 g/mol. The van der Waals surface area contributed by atoms with Gasteiger partial charge in [-0.05, 0) is 6.92 Å². The number of sulfonamides is 1. The first-order valence-corrected chi connectivity index (χ1v) is 8.75. The number of anilines is 1. The van der Waals surface area contributed by atoms with Crippen LogP contribution in [0.5, 0.6) is 0 Å². The summed E-state index contributed by atoms with van der Waals surface area (Å²) in [5.74, 6) is 0.0929. The molecule has 2 aromatic rings. The molecule has 0 spiro atoms. The van der Waals surface area contributed by atoms with Crippen molar-refractivity contribution >= 4 is 38.0 Å². The van der Waals surface area contributed by atoms with E-state index in [2.05, 4.69) is 20.3 Å². The highest BCUT2D eigenvalue weighted by atomic mass is 32.2. The minimum atomic E-state index is -3.76. The Morgan fingerprint density at radius 2 is 2.24 bits per heavy atom. The summed E-state index contributed by atoms with van der Waals surface area (Å²) >= 11 is 1.35. The Morgan fingerprint density at radius 3 is 2.90 bits per heavy atom. The minimum absolute atomic E-state index is 0.0327. The smallest absolute Gasteiger partial charge is 0.260 e. The first kappa shape index (κ1) is 15.7. The number of carbonyl (C=O) groups is 1. The molecule has 2 heterocycles. The summed E-state index contributed by atoms with van der Waals surface area (Å²) in [5, 5.41) is 7.22. The second-order valence-corrected chi connectivity index (χ2v) is 6.73. The number of aromatic nitrogens is 2. The summed E-state index contributed by atoms with van der Waals surface area (Å²) in [6.45, 7) is 2.46. The highest BCUT2D eigenvalue weighted by Gasteiger charge is 2.25. The van der Waals surface area contributed by atoms with E-state index < -0.39 is 10.0 Å². The Morgan fingerprint density at radius 1 is 1.48 bits per heavy atom. The van der Waals surface area contributed by atoms with Gasteiger partial charge in [0, 0.05) is 38.1 Å². The lowest BCUT2D eigenvalue weighted by atomic mass is 10.4. The van der Waals surface area contributed by atoms with Crippen LogP contribution >= 0.6 is 11.3 Å². The van der Waals surface area contributed by atoms with Crippen LogP contribution in [0.25, 0.3) is 4.96 Å². The number of amides is 1. The van der Waals surface area contributed by atoms with E-state index in [9.17, 15) is 13.2 Å². The molecule has 2 aromatic heterocycles.